The van der Waals surface area contributed by atoms with Crippen LogP contribution in [0.3, 0.4) is 0 Å². The summed E-state index contributed by atoms with van der Waals surface area (Å²) in [5.74, 6) is 0. The topological polar surface area (TPSA) is 55.2 Å². The molecule has 1 N–H and O–H groups in total. The lowest BCUT2D eigenvalue weighted by Gasteiger charge is -2.08. The fourth-order valence-electron chi connectivity index (χ4n) is 2.01. The maximum absolute atomic E-state index is 11.0. The third-order valence-electron chi connectivity index (χ3n) is 3.13. The Morgan fingerprint density at radius 2 is 1.85 bits per heavy atom. The largest absolute Gasteiger partial charge is 0.308 e. The molecule has 2 aromatic rings. The molecule has 0 bridgehead atoms. The molecule has 0 radical (unpaired) electrons. The number of nitrogens with one attached hydrogen (secondary N) is 1. The molecule has 0 saturated heterocycles. The van der Waals surface area contributed by atoms with Crippen molar-refractivity contribution in [2.75, 3.05) is 0 Å². The van der Waals surface area contributed by atoms with Gasteiger partial charge in [-0.1, -0.05) is 40.2 Å². The first kappa shape index (κ1) is 14.7. The van der Waals surface area contributed by atoms with E-state index >= 15 is 0 Å². The Labute approximate surface area is 126 Å². The highest BCUT2D eigenvalue weighted by molar-refractivity contribution is 9.10. The number of nitro groups is 1. The van der Waals surface area contributed by atoms with E-state index in [9.17, 15) is 10.1 Å². The smallest absolute Gasteiger partial charge is 0.273 e. The van der Waals surface area contributed by atoms with Gasteiger partial charge >= 0.3 is 0 Å². The van der Waals surface area contributed by atoms with Crippen LogP contribution in [0.4, 0.5) is 5.69 Å². The molecule has 0 amide bonds. The summed E-state index contributed by atoms with van der Waals surface area (Å²) in [6.45, 7) is 3.21. The lowest BCUT2D eigenvalue weighted by molar-refractivity contribution is -0.385. The van der Waals surface area contributed by atoms with Crippen LogP contribution >= 0.6 is 15.9 Å². The molecule has 4 nitrogen and oxygen atoms in total. The van der Waals surface area contributed by atoms with E-state index in [4.69, 9.17) is 0 Å². The zero-order valence-corrected chi connectivity index (χ0v) is 12.7. The van der Waals surface area contributed by atoms with Gasteiger partial charge in [0.15, 0.2) is 0 Å². The Kier molecular flexibility index (Phi) is 4.87. The summed E-state index contributed by atoms with van der Waals surface area (Å²) < 4.78 is 0.843. The van der Waals surface area contributed by atoms with Gasteiger partial charge in [0.1, 0.15) is 0 Å². The normalized spacial score (nSPS) is 10.5. The SMILES string of the molecule is Cc1ccccc1CNCc1cc(Br)ccc1[N+](=O)[O-]. The molecule has 0 aliphatic carbocycles. The number of nitro benzene ring substituents is 1. The number of benzene rings is 2. The van der Waals surface area contributed by atoms with Gasteiger partial charge in [-0.2, -0.15) is 0 Å². The molecule has 2 rings (SSSR count). The first-order valence-electron chi connectivity index (χ1n) is 6.26. The van der Waals surface area contributed by atoms with Crippen molar-refractivity contribution in [1.29, 1.82) is 0 Å². The van der Waals surface area contributed by atoms with Gasteiger partial charge in [-0.15, -0.1) is 0 Å². The monoisotopic (exact) mass is 334 g/mol. The summed E-state index contributed by atoms with van der Waals surface area (Å²) in [6, 6.07) is 13.1. The molecule has 0 spiro atoms. The summed E-state index contributed by atoms with van der Waals surface area (Å²) in [6.07, 6.45) is 0. The minimum Gasteiger partial charge on any atom is -0.308 e. The van der Waals surface area contributed by atoms with Gasteiger partial charge < -0.3 is 5.32 Å². The third kappa shape index (κ3) is 3.65. The first-order chi connectivity index (χ1) is 9.58. The van der Waals surface area contributed by atoms with Crippen molar-refractivity contribution in [1.82, 2.24) is 5.32 Å². The number of aryl methyl sites for hydroxylation is 1. The molecule has 2 aromatic carbocycles. The Hall–Kier alpha value is -1.72. The van der Waals surface area contributed by atoms with E-state index in [2.05, 4.69) is 40.3 Å². The van der Waals surface area contributed by atoms with Gasteiger partial charge in [0, 0.05) is 29.2 Å². The van der Waals surface area contributed by atoms with Crippen molar-refractivity contribution in [2.24, 2.45) is 0 Å². The van der Waals surface area contributed by atoms with Crippen molar-refractivity contribution < 1.29 is 4.92 Å². The molecule has 0 aromatic heterocycles. The highest BCUT2D eigenvalue weighted by atomic mass is 79.9. The van der Waals surface area contributed by atoms with Crippen LogP contribution in [-0.4, -0.2) is 4.92 Å². The van der Waals surface area contributed by atoms with Gasteiger partial charge in [0.2, 0.25) is 0 Å². The van der Waals surface area contributed by atoms with Gasteiger partial charge in [-0.05, 0) is 30.2 Å². The molecule has 0 unspecified atom stereocenters. The fourth-order valence-corrected chi connectivity index (χ4v) is 2.42. The highest BCUT2D eigenvalue weighted by Crippen LogP contribution is 2.23. The van der Waals surface area contributed by atoms with E-state index < -0.39 is 0 Å². The number of hydrogen-bond acceptors (Lipinski definition) is 3. The van der Waals surface area contributed by atoms with Crippen LogP contribution in [0.25, 0.3) is 0 Å². The Balaban J connectivity index is 2.06. The molecular formula is C15H15BrN2O2. The van der Waals surface area contributed by atoms with Crippen LogP contribution in [-0.2, 0) is 13.1 Å². The average Bonchev–Trinajstić information content (AvgIpc) is 2.41. The van der Waals surface area contributed by atoms with Crippen molar-refractivity contribution in [2.45, 2.75) is 20.0 Å². The number of nitrogens with zero attached hydrogens (tertiary/aromatic N) is 1. The van der Waals surface area contributed by atoms with Gasteiger partial charge in [0.05, 0.1) is 4.92 Å². The summed E-state index contributed by atoms with van der Waals surface area (Å²) in [4.78, 5) is 10.6. The van der Waals surface area contributed by atoms with E-state index in [1.165, 1.54) is 17.2 Å². The molecule has 0 aliphatic rings. The second kappa shape index (κ2) is 6.63. The zero-order chi connectivity index (χ0) is 14.5. The van der Waals surface area contributed by atoms with Gasteiger partial charge in [-0.3, -0.25) is 10.1 Å². The molecule has 104 valence electrons. The predicted octanol–water partition coefficient (Wildman–Crippen LogP) is 3.96. The number of hydrogen-bond donors (Lipinski definition) is 1. The van der Waals surface area contributed by atoms with Crippen molar-refractivity contribution in [3.8, 4) is 0 Å². The Morgan fingerprint density at radius 3 is 2.55 bits per heavy atom. The second-order valence-corrected chi connectivity index (χ2v) is 5.48. The standard InChI is InChI=1S/C15H15BrN2O2/c1-11-4-2-3-5-12(11)9-17-10-13-8-14(16)6-7-15(13)18(19)20/h2-8,17H,9-10H2,1H3. The zero-order valence-electron chi connectivity index (χ0n) is 11.1. The quantitative estimate of drug-likeness (QED) is 0.665. The fraction of sp³-hybridized carbons (Fsp3) is 0.200. The van der Waals surface area contributed by atoms with E-state index in [0.29, 0.717) is 18.7 Å². The van der Waals surface area contributed by atoms with Crippen molar-refractivity contribution in [3.05, 3.63) is 73.7 Å². The van der Waals surface area contributed by atoms with Crippen LogP contribution in [0.2, 0.25) is 0 Å². The lowest BCUT2D eigenvalue weighted by atomic mass is 10.1. The third-order valence-corrected chi connectivity index (χ3v) is 3.62. The second-order valence-electron chi connectivity index (χ2n) is 4.56. The van der Waals surface area contributed by atoms with Crippen LogP contribution in [0.1, 0.15) is 16.7 Å². The molecule has 0 fully saturated rings. The Bertz CT molecular complexity index is 629. The summed E-state index contributed by atoms with van der Waals surface area (Å²) in [7, 11) is 0. The molecule has 0 saturated carbocycles. The molecule has 0 atom stereocenters. The minimum absolute atomic E-state index is 0.144. The molecule has 0 aliphatic heterocycles. The number of halogens is 1. The van der Waals surface area contributed by atoms with Gasteiger partial charge in [0.25, 0.3) is 5.69 Å². The highest BCUT2D eigenvalue weighted by Gasteiger charge is 2.13. The van der Waals surface area contributed by atoms with E-state index in [-0.39, 0.29) is 10.6 Å². The maximum atomic E-state index is 11.0. The average molecular weight is 335 g/mol. The van der Waals surface area contributed by atoms with Crippen LogP contribution in [0.5, 0.6) is 0 Å². The first-order valence-corrected chi connectivity index (χ1v) is 7.05. The summed E-state index contributed by atoms with van der Waals surface area (Å²) in [5.41, 5.74) is 3.23. The minimum atomic E-state index is -0.350. The van der Waals surface area contributed by atoms with Crippen LogP contribution in [0, 0.1) is 17.0 Å². The summed E-state index contributed by atoms with van der Waals surface area (Å²) in [5, 5.41) is 14.2. The Morgan fingerprint density at radius 1 is 1.15 bits per heavy atom. The number of rotatable bonds is 5. The van der Waals surface area contributed by atoms with Crippen molar-refractivity contribution >= 4 is 21.6 Å². The summed E-state index contributed by atoms with van der Waals surface area (Å²) >= 11 is 3.34. The van der Waals surface area contributed by atoms with E-state index in [1.54, 1.807) is 12.1 Å². The van der Waals surface area contributed by atoms with E-state index in [0.717, 1.165) is 4.47 Å². The molecule has 20 heavy (non-hydrogen) atoms. The van der Waals surface area contributed by atoms with E-state index in [1.807, 2.05) is 12.1 Å². The molecule has 5 heteroatoms. The van der Waals surface area contributed by atoms with Crippen LogP contribution < -0.4 is 5.32 Å². The molecule has 0 heterocycles. The maximum Gasteiger partial charge on any atom is 0.273 e. The van der Waals surface area contributed by atoms with Crippen LogP contribution in [0.15, 0.2) is 46.9 Å². The lowest BCUT2D eigenvalue weighted by Crippen LogP contribution is -2.14. The predicted molar refractivity (Wildman–Crippen MR) is 82.5 cm³/mol. The van der Waals surface area contributed by atoms with Gasteiger partial charge in [-0.25, -0.2) is 0 Å². The van der Waals surface area contributed by atoms with Crippen molar-refractivity contribution in [3.63, 3.8) is 0 Å². The molecular weight excluding hydrogens is 320 g/mol.